The Morgan fingerprint density at radius 2 is 2.10 bits per heavy atom. The Balaban J connectivity index is 1.30. The summed E-state index contributed by atoms with van der Waals surface area (Å²) in [6.45, 7) is 0.402. The van der Waals surface area contributed by atoms with Crippen molar-refractivity contribution < 1.29 is 14.0 Å². The smallest absolute Gasteiger partial charge is 0.220 e. The zero-order chi connectivity index (χ0) is 20.1. The molecular formula is C22H23N3O3S. The molecule has 6 nitrogen and oxygen atoms in total. The zero-order valence-corrected chi connectivity index (χ0v) is 16.8. The Morgan fingerprint density at radius 1 is 1.24 bits per heavy atom. The molecule has 150 valence electrons. The van der Waals surface area contributed by atoms with Crippen molar-refractivity contribution in [3.05, 3.63) is 65.6 Å². The van der Waals surface area contributed by atoms with Gasteiger partial charge in [0.1, 0.15) is 10.8 Å². The van der Waals surface area contributed by atoms with E-state index < -0.39 is 5.54 Å². The Hall–Kier alpha value is -2.93. The molecule has 7 heteroatoms. The van der Waals surface area contributed by atoms with Crippen LogP contribution in [0, 0.1) is 0 Å². The second-order valence-corrected chi connectivity index (χ2v) is 8.23. The van der Waals surface area contributed by atoms with Crippen molar-refractivity contribution in [1.29, 1.82) is 0 Å². The number of nitrogens with zero attached hydrogens (tertiary/aromatic N) is 1. The minimum Gasteiger partial charge on any atom is -0.469 e. The summed E-state index contributed by atoms with van der Waals surface area (Å²) in [7, 11) is 0. The second-order valence-electron chi connectivity index (χ2n) is 7.37. The zero-order valence-electron chi connectivity index (χ0n) is 16.0. The van der Waals surface area contributed by atoms with Crippen LogP contribution < -0.4 is 10.6 Å². The van der Waals surface area contributed by atoms with E-state index in [9.17, 15) is 9.59 Å². The Morgan fingerprint density at radius 3 is 2.83 bits per heavy atom. The molecule has 0 saturated carbocycles. The maximum Gasteiger partial charge on any atom is 0.220 e. The molecular weight excluding hydrogens is 386 g/mol. The number of hydrogen-bond donors (Lipinski definition) is 2. The lowest BCUT2D eigenvalue weighted by atomic mass is 9.87. The van der Waals surface area contributed by atoms with E-state index in [1.807, 2.05) is 47.8 Å². The lowest BCUT2D eigenvalue weighted by molar-refractivity contribution is -0.123. The monoisotopic (exact) mass is 409 g/mol. The number of benzene rings is 1. The third-order valence-corrected chi connectivity index (χ3v) is 6.14. The number of thiazole rings is 1. The molecule has 1 aliphatic heterocycles. The molecule has 4 rings (SSSR count). The molecule has 0 spiro atoms. The van der Waals surface area contributed by atoms with Gasteiger partial charge in [0.05, 0.1) is 18.5 Å². The van der Waals surface area contributed by atoms with Crippen molar-refractivity contribution in [1.82, 2.24) is 15.6 Å². The average Bonchev–Trinajstić information content (AvgIpc) is 3.48. The van der Waals surface area contributed by atoms with Gasteiger partial charge >= 0.3 is 0 Å². The van der Waals surface area contributed by atoms with Gasteiger partial charge < -0.3 is 15.1 Å². The predicted molar refractivity (Wildman–Crippen MR) is 111 cm³/mol. The number of carbonyl (C=O) groups is 2. The first-order valence-corrected chi connectivity index (χ1v) is 10.6. The van der Waals surface area contributed by atoms with Crippen LogP contribution in [0.5, 0.6) is 0 Å². The van der Waals surface area contributed by atoms with Crippen molar-refractivity contribution in [2.45, 2.75) is 44.2 Å². The third kappa shape index (κ3) is 4.92. The Bertz CT molecular complexity index is 968. The molecule has 1 aliphatic rings. The van der Waals surface area contributed by atoms with Crippen LogP contribution in [0.25, 0.3) is 10.6 Å². The molecule has 0 radical (unpaired) electrons. The minimum atomic E-state index is -0.409. The lowest BCUT2D eigenvalue weighted by Gasteiger charge is -2.28. The third-order valence-electron chi connectivity index (χ3n) is 5.20. The summed E-state index contributed by atoms with van der Waals surface area (Å²) in [4.78, 5) is 28.8. The van der Waals surface area contributed by atoms with E-state index in [-0.39, 0.29) is 11.8 Å². The number of aromatic nitrogens is 1. The van der Waals surface area contributed by atoms with Crippen molar-refractivity contribution in [3.63, 3.8) is 0 Å². The number of amides is 2. The topological polar surface area (TPSA) is 84.2 Å². The van der Waals surface area contributed by atoms with Crippen molar-refractivity contribution in [3.8, 4) is 10.6 Å². The molecule has 1 atom stereocenters. The Labute approximate surface area is 173 Å². The highest BCUT2D eigenvalue weighted by atomic mass is 32.1. The molecule has 29 heavy (non-hydrogen) atoms. The SMILES string of the molecule is O=C(CC[C@]1(Cc2ccco2)CCC(=O)N1)NCc1csc(-c2ccccc2)n1. The van der Waals surface area contributed by atoms with Crippen LogP contribution >= 0.6 is 11.3 Å². The molecule has 2 amide bonds. The highest BCUT2D eigenvalue weighted by Gasteiger charge is 2.38. The average molecular weight is 410 g/mol. The number of furan rings is 1. The van der Waals surface area contributed by atoms with Gasteiger partial charge in [0.25, 0.3) is 0 Å². The summed E-state index contributed by atoms with van der Waals surface area (Å²) in [6, 6.07) is 13.7. The van der Waals surface area contributed by atoms with Crippen molar-refractivity contribution in [2.75, 3.05) is 0 Å². The second kappa shape index (κ2) is 8.61. The normalized spacial score (nSPS) is 18.6. The largest absolute Gasteiger partial charge is 0.469 e. The molecule has 2 aromatic heterocycles. The van der Waals surface area contributed by atoms with E-state index in [1.54, 1.807) is 17.6 Å². The van der Waals surface area contributed by atoms with Crippen LogP contribution in [-0.4, -0.2) is 22.3 Å². The van der Waals surface area contributed by atoms with Crippen molar-refractivity contribution in [2.24, 2.45) is 0 Å². The number of nitrogens with one attached hydrogen (secondary N) is 2. The van der Waals surface area contributed by atoms with Gasteiger partial charge in [-0.3, -0.25) is 9.59 Å². The van der Waals surface area contributed by atoms with Gasteiger partial charge in [0.2, 0.25) is 11.8 Å². The number of rotatable bonds is 8. The van der Waals surface area contributed by atoms with Gasteiger partial charge in [0, 0.05) is 35.7 Å². The first kappa shape index (κ1) is 19.4. The Kier molecular flexibility index (Phi) is 5.76. The van der Waals surface area contributed by atoms with Crippen LogP contribution in [0.4, 0.5) is 0 Å². The molecule has 3 heterocycles. The van der Waals surface area contributed by atoms with Crippen LogP contribution in [0.2, 0.25) is 0 Å². The molecule has 3 aromatic rings. The summed E-state index contributed by atoms with van der Waals surface area (Å²) >= 11 is 1.57. The van der Waals surface area contributed by atoms with Gasteiger partial charge in [0.15, 0.2) is 0 Å². The highest BCUT2D eigenvalue weighted by molar-refractivity contribution is 7.13. The molecule has 1 aromatic carbocycles. The maximum atomic E-state index is 12.4. The van der Waals surface area contributed by atoms with E-state index in [4.69, 9.17) is 4.42 Å². The van der Waals surface area contributed by atoms with E-state index in [2.05, 4.69) is 15.6 Å². The fraction of sp³-hybridized carbons (Fsp3) is 0.318. The van der Waals surface area contributed by atoms with Crippen LogP contribution in [-0.2, 0) is 22.6 Å². The quantitative estimate of drug-likeness (QED) is 0.594. The highest BCUT2D eigenvalue weighted by Crippen LogP contribution is 2.30. The summed E-state index contributed by atoms with van der Waals surface area (Å²) in [5.41, 5.74) is 1.52. The van der Waals surface area contributed by atoms with Gasteiger partial charge in [-0.15, -0.1) is 11.3 Å². The maximum absolute atomic E-state index is 12.4. The number of carbonyl (C=O) groups excluding carboxylic acids is 2. The molecule has 0 bridgehead atoms. The van der Waals surface area contributed by atoms with Crippen LogP contribution in [0.1, 0.15) is 37.1 Å². The van der Waals surface area contributed by atoms with E-state index in [0.29, 0.717) is 38.6 Å². The van der Waals surface area contributed by atoms with Gasteiger partial charge in [-0.2, -0.15) is 0 Å². The van der Waals surface area contributed by atoms with Gasteiger partial charge in [-0.05, 0) is 25.0 Å². The summed E-state index contributed by atoms with van der Waals surface area (Å²) in [5, 5.41) is 8.93. The number of hydrogen-bond acceptors (Lipinski definition) is 5. The van der Waals surface area contributed by atoms with E-state index >= 15 is 0 Å². The van der Waals surface area contributed by atoms with Crippen molar-refractivity contribution >= 4 is 23.2 Å². The summed E-state index contributed by atoms with van der Waals surface area (Å²) in [6.07, 6.45) is 4.36. The fourth-order valence-electron chi connectivity index (χ4n) is 3.66. The van der Waals surface area contributed by atoms with E-state index in [0.717, 1.165) is 22.0 Å². The molecule has 1 saturated heterocycles. The van der Waals surface area contributed by atoms with E-state index in [1.165, 1.54) is 0 Å². The summed E-state index contributed by atoms with van der Waals surface area (Å²) in [5.74, 6) is 0.815. The first-order chi connectivity index (χ1) is 14.1. The molecule has 1 fully saturated rings. The minimum absolute atomic E-state index is 0.0351. The summed E-state index contributed by atoms with van der Waals surface area (Å²) < 4.78 is 5.45. The molecule has 2 N–H and O–H groups in total. The molecule has 0 unspecified atom stereocenters. The molecule has 0 aliphatic carbocycles. The fourth-order valence-corrected chi connectivity index (χ4v) is 4.49. The van der Waals surface area contributed by atoms with Gasteiger partial charge in [-0.25, -0.2) is 4.98 Å². The lowest BCUT2D eigenvalue weighted by Crippen LogP contribution is -2.44. The van der Waals surface area contributed by atoms with Gasteiger partial charge in [-0.1, -0.05) is 30.3 Å². The first-order valence-electron chi connectivity index (χ1n) is 9.72. The van der Waals surface area contributed by atoms with Crippen LogP contribution in [0.3, 0.4) is 0 Å². The van der Waals surface area contributed by atoms with Crippen LogP contribution in [0.15, 0.2) is 58.5 Å². The standard InChI is InChI=1S/C22H23N3O3S/c26-19(23-14-17-15-29-21(24-17)16-5-2-1-3-6-16)8-10-22(11-9-20(27)25-22)13-18-7-4-12-28-18/h1-7,12,15H,8-11,13-14H2,(H,23,26)(H,25,27)/t22-/m1/s1. The predicted octanol–water partition coefficient (Wildman–Crippen LogP) is 3.69.